The number of aromatic nitrogens is 1. The molecule has 0 aliphatic heterocycles. The van der Waals surface area contributed by atoms with Crippen molar-refractivity contribution >= 4 is 52.2 Å². The maximum absolute atomic E-state index is 12.1. The number of rotatable bonds is 11. The van der Waals surface area contributed by atoms with Gasteiger partial charge in [0.15, 0.2) is 0 Å². The molecular weight excluding hydrogens is 504 g/mol. The summed E-state index contributed by atoms with van der Waals surface area (Å²) in [5.74, 6) is -0.949. The van der Waals surface area contributed by atoms with Crippen LogP contribution >= 0.6 is 11.6 Å². The number of methoxy groups -OCH3 is 1. The van der Waals surface area contributed by atoms with Crippen LogP contribution in [-0.2, 0) is 14.3 Å². The molecule has 1 unspecified atom stereocenters. The van der Waals surface area contributed by atoms with Gasteiger partial charge >= 0.3 is 5.97 Å². The Morgan fingerprint density at radius 1 is 1.00 bits per heavy atom. The molecule has 0 aliphatic rings. The molecule has 0 bridgehead atoms. The summed E-state index contributed by atoms with van der Waals surface area (Å²) in [6.45, 7) is 0.207. The standard InChI is InChI=1S/C30H27ClN2O5/c1-37-28(19-38-27-8-3-2-7-25(27)33-29(34)15-16-30(35)36)22-6-4-5-20(17-22)9-13-24-14-11-21-10-12-23(31)18-26(21)32-24/h2-14,17-18,28H,15-16,19H2,1H3,(H,33,34)(H,35,36)/b13-9+. The molecule has 194 valence electrons. The zero-order valence-corrected chi connectivity index (χ0v) is 21.5. The smallest absolute Gasteiger partial charge is 0.303 e. The van der Waals surface area contributed by atoms with Crippen molar-refractivity contribution in [1.82, 2.24) is 4.98 Å². The van der Waals surface area contributed by atoms with Crippen molar-refractivity contribution in [2.45, 2.75) is 18.9 Å². The molecule has 3 aromatic carbocycles. The highest BCUT2D eigenvalue weighted by molar-refractivity contribution is 6.31. The highest BCUT2D eigenvalue weighted by Crippen LogP contribution is 2.27. The maximum Gasteiger partial charge on any atom is 0.303 e. The second-order valence-corrected chi connectivity index (χ2v) is 8.99. The van der Waals surface area contributed by atoms with E-state index in [2.05, 4.69) is 10.3 Å². The van der Waals surface area contributed by atoms with E-state index in [0.717, 1.165) is 27.7 Å². The molecule has 2 N–H and O–H groups in total. The first-order valence-electron chi connectivity index (χ1n) is 12.0. The number of pyridine rings is 1. The lowest BCUT2D eigenvalue weighted by molar-refractivity contribution is -0.138. The second-order valence-electron chi connectivity index (χ2n) is 8.55. The number of carboxylic acids is 1. The highest BCUT2D eigenvalue weighted by Gasteiger charge is 2.14. The van der Waals surface area contributed by atoms with E-state index < -0.39 is 11.9 Å². The molecule has 1 heterocycles. The summed E-state index contributed by atoms with van der Waals surface area (Å²) in [6, 6.07) is 24.5. The quantitative estimate of drug-likeness (QED) is 0.226. The number of nitrogens with zero attached hydrogens (tertiary/aromatic N) is 1. The number of carboxylic acid groups (broad SMARTS) is 1. The number of ether oxygens (including phenoxy) is 2. The van der Waals surface area contributed by atoms with Gasteiger partial charge in [-0.2, -0.15) is 0 Å². The van der Waals surface area contributed by atoms with Crippen LogP contribution in [0.1, 0.15) is 35.8 Å². The molecule has 0 aliphatic carbocycles. The third-order valence-corrected chi connectivity index (χ3v) is 6.04. The molecule has 8 heteroatoms. The predicted molar refractivity (Wildman–Crippen MR) is 149 cm³/mol. The number of nitrogens with one attached hydrogen (secondary N) is 1. The van der Waals surface area contributed by atoms with Crippen LogP contribution in [0, 0.1) is 0 Å². The van der Waals surface area contributed by atoms with Gasteiger partial charge in [-0.05, 0) is 53.6 Å². The highest BCUT2D eigenvalue weighted by atomic mass is 35.5. The first-order valence-corrected chi connectivity index (χ1v) is 12.4. The Labute approximate surface area is 225 Å². The number of carbonyl (C=O) groups excluding carboxylic acids is 1. The van der Waals surface area contributed by atoms with Crippen molar-refractivity contribution in [3.8, 4) is 5.75 Å². The number of aliphatic carboxylic acids is 1. The van der Waals surface area contributed by atoms with Gasteiger partial charge in [-0.3, -0.25) is 9.59 Å². The van der Waals surface area contributed by atoms with Gasteiger partial charge < -0.3 is 19.9 Å². The molecule has 7 nitrogen and oxygen atoms in total. The molecule has 0 saturated heterocycles. The zero-order chi connectivity index (χ0) is 26.9. The molecule has 0 saturated carbocycles. The van der Waals surface area contributed by atoms with Crippen LogP contribution in [0.15, 0.2) is 78.9 Å². The summed E-state index contributed by atoms with van der Waals surface area (Å²) in [7, 11) is 1.61. The minimum Gasteiger partial charge on any atom is -0.488 e. The van der Waals surface area contributed by atoms with Gasteiger partial charge in [0, 0.05) is 23.9 Å². The molecule has 4 rings (SSSR count). The number of carbonyl (C=O) groups is 2. The van der Waals surface area contributed by atoms with Crippen molar-refractivity contribution in [3.05, 3.63) is 101 Å². The summed E-state index contributed by atoms with van der Waals surface area (Å²) in [5.41, 5.74) is 4.03. The minimum absolute atomic E-state index is 0.118. The van der Waals surface area contributed by atoms with E-state index in [1.54, 1.807) is 31.4 Å². The fraction of sp³-hybridized carbons (Fsp3) is 0.167. The number of benzene rings is 3. The summed E-state index contributed by atoms with van der Waals surface area (Å²) in [4.78, 5) is 27.5. The topological polar surface area (TPSA) is 97.8 Å². The summed E-state index contributed by atoms with van der Waals surface area (Å²) >= 11 is 6.11. The lowest BCUT2D eigenvalue weighted by Crippen LogP contribution is -2.16. The Balaban J connectivity index is 1.43. The van der Waals surface area contributed by atoms with Crippen molar-refractivity contribution in [2.24, 2.45) is 0 Å². The number of anilines is 1. The molecule has 0 fully saturated rings. The van der Waals surface area contributed by atoms with Gasteiger partial charge in [0.05, 0.1) is 23.3 Å². The van der Waals surface area contributed by atoms with Crippen molar-refractivity contribution in [2.75, 3.05) is 19.0 Å². The van der Waals surface area contributed by atoms with Gasteiger partial charge in [0.25, 0.3) is 0 Å². The van der Waals surface area contributed by atoms with Crippen molar-refractivity contribution in [1.29, 1.82) is 0 Å². The van der Waals surface area contributed by atoms with Crippen molar-refractivity contribution < 1.29 is 24.2 Å². The minimum atomic E-state index is -1.02. The molecule has 38 heavy (non-hydrogen) atoms. The van der Waals surface area contributed by atoms with E-state index in [4.69, 9.17) is 26.2 Å². The molecular formula is C30H27ClN2O5. The number of para-hydroxylation sites is 2. The molecule has 0 spiro atoms. The molecule has 4 aromatic rings. The zero-order valence-electron chi connectivity index (χ0n) is 20.8. The number of hydrogen-bond acceptors (Lipinski definition) is 5. The van der Waals surface area contributed by atoms with Gasteiger partial charge in [0.1, 0.15) is 18.5 Å². The molecule has 1 atom stereocenters. The lowest BCUT2D eigenvalue weighted by atomic mass is 10.1. The van der Waals surface area contributed by atoms with Gasteiger partial charge in [-0.1, -0.05) is 60.1 Å². The summed E-state index contributed by atoms with van der Waals surface area (Å²) < 4.78 is 11.7. The van der Waals surface area contributed by atoms with Crippen LogP contribution in [-0.4, -0.2) is 35.7 Å². The van der Waals surface area contributed by atoms with E-state index in [-0.39, 0.29) is 25.6 Å². The maximum atomic E-state index is 12.1. The summed E-state index contributed by atoms with van der Waals surface area (Å²) in [6.07, 6.45) is 3.21. The SMILES string of the molecule is COC(COc1ccccc1NC(=O)CCC(=O)O)c1cccc(/C=C/c2ccc3ccc(Cl)cc3n2)c1. The third-order valence-electron chi connectivity index (χ3n) is 5.81. The Morgan fingerprint density at radius 3 is 2.63 bits per heavy atom. The lowest BCUT2D eigenvalue weighted by Gasteiger charge is -2.19. The monoisotopic (exact) mass is 530 g/mol. The molecule has 0 radical (unpaired) electrons. The number of fused-ring (bicyclic) bond motifs is 1. The van der Waals surface area contributed by atoms with Crippen LogP contribution in [0.2, 0.25) is 5.02 Å². The first-order chi connectivity index (χ1) is 18.4. The normalized spacial score (nSPS) is 11.9. The van der Waals surface area contributed by atoms with Gasteiger partial charge in [0.2, 0.25) is 5.91 Å². The summed E-state index contributed by atoms with van der Waals surface area (Å²) in [5, 5.41) is 13.2. The van der Waals surface area contributed by atoms with E-state index in [9.17, 15) is 9.59 Å². The van der Waals surface area contributed by atoms with Gasteiger partial charge in [-0.25, -0.2) is 4.98 Å². The van der Waals surface area contributed by atoms with Crippen LogP contribution in [0.4, 0.5) is 5.69 Å². The first kappa shape index (κ1) is 26.9. The van der Waals surface area contributed by atoms with Crippen LogP contribution < -0.4 is 10.1 Å². The van der Waals surface area contributed by atoms with E-state index in [1.807, 2.05) is 66.7 Å². The Bertz CT molecular complexity index is 1470. The van der Waals surface area contributed by atoms with Crippen molar-refractivity contribution in [3.63, 3.8) is 0 Å². The number of hydrogen-bond donors (Lipinski definition) is 2. The van der Waals surface area contributed by atoms with Crippen LogP contribution in [0.25, 0.3) is 23.1 Å². The van der Waals surface area contributed by atoms with E-state index >= 15 is 0 Å². The molecule has 1 amide bonds. The average molecular weight is 531 g/mol. The van der Waals surface area contributed by atoms with Crippen LogP contribution in [0.3, 0.4) is 0 Å². The largest absolute Gasteiger partial charge is 0.488 e. The van der Waals surface area contributed by atoms with Gasteiger partial charge in [-0.15, -0.1) is 0 Å². The Hall–Kier alpha value is -4.20. The Kier molecular flexibility index (Phi) is 9.08. The number of halogens is 1. The third kappa shape index (κ3) is 7.41. The van der Waals surface area contributed by atoms with E-state index in [1.165, 1.54) is 0 Å². The van der Waals surface area contributed by atoms with Crippen LogP contribution in [0.5, 0.6) is 5.75 Å². The Morgan fingerprint density at radius 2 is 1.82 bits per heavy atom. The predicted octanol–water partition coefficient (Wildman–Crippen LogP) is 6.63. The number of amides is 1. The molecule has 1 aromatic heterocycles. The average Bonchev–Trinajstić information content (AvgIpc) is 2.92. The van der Waals surface area contributed by atoms with E-state index in [0.29, 0.717) is 16.5 Å². The fourth-order valence-electron chi connectivity index (χ4n) is 3.84. The second kappa shape index (κ2) is 12.9. The fourth-order valence-corrected chi connectivity index (χ4v) is 4.00.